The van der Waals surface area contributed by atoms with Crippen LogP contribution in [0.15, 0.2) is 4.73 Å². The Morgan fingerprint density at radius 3 is 2.80 bits per heavy atom. The largest absolute Gasteiger partial charge is 0.388 e. The second-order valence-electron chi connectivity index (χ2n) is 1.40. The molecule has 0 unspecified atom stereocenters. The molecular formula is C3H3BrFN3OS. The first-order chi connectivity index (χ1) is 4.77. The molecule has 0 aromatic carbocycles. The third-order valence-electron chi connectivity index (χ3n) is 0.792. The Labute approximate surface area is 69.0 Å². The highest BCUT2D eigenvalue weighted by atomic mass is 79.9. The predicted molar refractivity (Wildman–Crippen MR) is 37.7 cm³/mol. The standard InChI is InChI=1S/C3H3BrFN3OS/c4-3-6-2(1-9)7-8(3)10-5/h9H,1H2. The summed E-state index contributed by atoms with van der Waals surface area (Å²) in [5.41, 5.74) is 0. The Morgan fingerprint density at radius 1 is 1.80 bits per heavy atom. The summed E-state index contributed by atoms with van der Waals surface area (Å²) in [6.07, 6.45) is 0. The minimum absolute atomic E-state index is 0.0833. The second-order valence-corrected chi connectivity index (χ2v) is 2.59. The van der Waals surface area contributed by atoms with Crippen molar-refractivity contribution in [2.24, 2.45) is 0 Å². The molecule has 0 amide bonds. The van der Waals surface area contributed by atoms with Crippen molar-refractivity contribution >= 4 is 28.3 Å². The van der Waals surface area contributed by atoms with Gasteiger partial charge in [0.05, 0.1) is 0 Å². The van der Waals surface area contributed by atoms with E-state index in [2.05, 4.69) is 26.0 Å². The van der Waals surface area contributed by atoms with Gasteiger partial charge in [0.25, 0.3) is 0 Å². The van der Waals surface area contributed by atoms with Gasteiger partial charge in [-0.05, 0) is 15.9 Å². The van der Waals surface area contributed by atoms with Gasteiger partial charge in [0.15, 0.2) is 18.2 Å². The van der Waals surface area contributed by atoms with Crippen LogP contribution in [0, 0.1) is 0 Å². The summed E-state index contributed by atoms with van der Waals surface area (Å²) >= 11 is 2.85. The van der Waals surface area contributed by atoms with Crippen molar-refractivity contribution in [1.29, 1.82) is 0 Å². The number of nitrogens with zero attached hydrogens (tertiary/aromatic N) is 3. The molecule has 4 nitrogen and oxygen atoms in total. The lowest BCUT2D eigenvalue weighted by Gasteiger charge is -1.85. The van der Waals surface area contributed by atoms with E-state index < -0.39 is 0 Å². The van der Waals surface area contributed by atoms with Crippen LogP contribution in [0.4, 0.5) is 3.89 Å². The molecule has 1 N–H and O–H groups in total. The molecule has 1 aromatic rings. The van der Waals surface area contributed by atoms with Crippen LogP contribution in [-0.2, 0) is 6.61 Å². The Balaban J connectivity index is 2.92. The quantitative estimate of drug-likeness (QED) is 0.817. The van der Waals surface area contributed by atoms with Crippen molar-refractivity contribution in [2.45, 2.75) is 6.61 Å². The third kappa shape index (κ3) is 1.47. The lowest BCUT2D eigenvalue weighted by atomic mass is 10.7. The van der Waals surface area contributed by atoms with Gasteiger partial charge in [-0.1, -0.05) is 0 Å². The van der Waals surface area contributed by atoms with Gasteiger partial charge in [-0.2, -0.15) is 0 Å². The van der Waals surface area contributed by atoms with Gasteiger partial charge in [0.1, 0.15) is 6.61 Å². The topological polar surface area (TPSA) is 50.9 Å². The Kier molecular flexibility index (Phi) is 2.64. The van der Waals surface area contributed by atoms with Gasteiger partial charge in [0.2, 0.25) is 4.73 Å². The Morgan fingerprint density at radius 2 is 2.50 bits per heavy atom. The lowest BCUT2D eigenvalue weighted by molar-refractivity contribution is 0.271. The second kappa shape index (κ2) is 3.31. The van der Waals surface area contributed by atoms with Crippen molar-refractivity contribution in [3.05, 3.63) is 10.6 Å². The summed E-state index contributed by atoms with van der Waals surface area (Å²) in [6, 6.07) is 0. The van der Waals surface area contributed by atoms with E-state index >= 15 is 0 Å². The SMILES string of the molecule is OCc1nc(Br)n(SF)n1. The van der Waals surface area contributed by atoms with Crippen LogP contribution < -0.4 is 0 Å². The summed E-state index contributed by atoms with van der Waals surface area (Å²) in [4.78, 5) is 3.66. The van der Waals surface area contributed by atoms with E-state index in [0.29, 0.717) is 0 Å². The van der Waals surface area contributed by atoms with Crippen LogP contribution >= 0.6 is 28.3 Å². The lowest BCUT2D eigenvalue weighted by Crippen LogP contribution is -1.88. The van der Waals surface area contributed by atoms with Gasteiger partial charge in [-0.15, -0.1) is 13.1 Å². The molecule has 0 bridgehead atoms. The zero-order chi connectivity index (χ0) is 7.56. The number of aliphatic hydroxyl groups is 1. The minimum Gasteiger partial charge on any atom is -0.388 e. The number of hydrogen-bond donors (Lipinski definition) is 1. The van der Waals surface area contributed by atoms with E-state index in [1.54, 1.807) is 0 Å². The fourth-order valence-corrected chi connectivity index (χ4v) is 1.10. The molecule has 1 aromatic heterocycles. The molecule has 0 aliphatic carbocycles. The molecule has 0 fully saturated rings. The highest BCUT2D eigenvalue weighted by molar-refractivity contribution is 9.10. The van der Waals surface area contributed by atoms with E-state index in [-0.39, 0.29) is 29.5 Å². The summed E-state index contributed by atoms with van der Waals surface area (Å²) < 4.78 is 13.0. The minimum atomic E-state index is -0.286. The normalized spacial score (nSPS) is 10.3. The van der Waals surface area contributed by atoms with E-state index in [0.717, 1.165) is 4.09 Å². The van der Waals surface area contributed by atoms with Crippen LogP contribution in [0.25, 0.3) is 0 Å². The molecular weight excluding hydrogens is 225 g/mol. The number of aliphatic hydroxyl groups excluding tert-OH is 1. The summed E-state index contributed by atoms with van der Waals surface area (Å²) in [5.74, 6) is 0.192. The Hall–Kier alpha value is -0.140. The van der Waals surface area contributed by atoms with E-state index in [9.17, 15) is 3.89 Å². The summed E-state index contributed by atoms with van der Waals surface area (Å²) in [7, 11) is 0. The average Bonchev–Trinajstić information content (AvgIpc) is 2.30. The highest BCUT2D eigenvalue weighted by Crippen LogP contribution is 2.14. The first-order valence-electron chi connectivity index (χ1n) is 2.29. The molecule has 1 rings (SSSR count). The fraction of sp³-hybridized carbons (Fsp3) is 0.333. The molecule has 0 radical (unpaired) electrons. The van der Waals surface area contributed by atoms with Crippen LogP contribution in [0.1, 0.15) is 5.82 Å². The zero-order valence-electron chi connectivity index (χ0n) is 4.66. The first kappa shape index (κ1) is 7.96. The van der Waals surface area contributed by atoms with Gasteiger partial charge in [-0.25, -0.2) is 4.98 Å². The molecule has 10 heavy (non-hydrogen) atoms. The predicted octanol–water partition coefficient (Wildman–Crippen LogP) is 0.914. The maximum absolute atomic E-state index is 11.8. The molecule has 1 heterocycles. The Bertz CT molecular complexity index is 230. The average molecular weight is 228 g/mol. The smallest absolute Gasteiger partial charge is 0.209 e. The van der Waals surface area contributed by atoms with Crippen molar-refractivity contribution in [3.8, 4) is 0 Å². The van der Waals surface area contributed by atoms with Crippen molar-refractivity contribution in [1.82, 2.24) is 14.2 Å². The maximum Gasteiger partial charge on any atom is 0.209 e. The van der Waals surface area contributed by atoms with Crippen molar-refractivity contribution in [2.75, 3.05) is 0 Å². The van der Waals surface area contributed by atoms with Crippen molar-refractivity contribution in [3.63, 3.8) is 0 Å². The molecule has 0 aliphatic rings. The zero-order valence-corrected chi connectivity index (χ0v) is 7.06. The van der Waals surface area contributed by atoms with Gasteiger partial charge >= 0.3 is 0 Å². The van der Waals surface area contributed by atoms with E-state index in [1.165, 1.54) is 0 Å². The van der Waals surface area contributed by atoms with E-state index in [4.69, 9.17) is 5.11 Å². The van der Waals surface area contributed by atoms with E-state index in [1.807, 2.05) is 0 Å². The third-order valence-corrected chi connectivity index (χ3v) is 1.93. The summed E-state index contributed by atoms with van der Waals surface area (Å²) in [5, 5.41) is 12.0. The molecule has 0 saturated carbocycles. The molecule has 7 heteroatoms. The van der Waals surface area contributed by atoms with Gasteiger partial charge in [-0.3, -0.25) is 0 Å². The molecule has 0 saturated heterocycles. The highest BCUT2D eigenvalue weighted by Gasteiger charge is 2.05. The molecule has 0 aliphatic heterocycles. The van der Waals surface area contributed by atoms with Crippen LogP contribution in [0.2, 0.25) is 0 Å². The number of hydrogen-bond acceptors (Lipinski definition) is 4. The fourth-order valence-electron chi connectivity index (χ4n) is 0.429. The number of halogens is 2. The van der Waals surface area contributed by atoms with Gasteiger partial charge in [0, 0.05) is 0 Å². The summed E-state index contributed by atoms with van der Waals surface area (Å²) in [6.45, 7) is -0.286. The van der Waals surface area contributed by atoms with Gasteiger partial charge < -0.3 is 5.11 Å². The maximum atomic E-state index is 11.8. The van der Waals surface area contributed by atoms with Crippen LogP contribution in [0.3, 0.4) is 0 Å². The first-order valence-corrected chi connectivity index (χ1v) is 3.76. The van der Waals surface area contributed by atoms with Crippen molar-refractivity contribution < 1.29 is 8.99 Å². The van der Waals surface area contributed by atoms with Crippen LogP contribution in [0.5, 0.6) is 0 Å². The molecule has 56 valence electrons. The monoisotopic (exact) mass is 227 g/mol. The molecule has 0 spiro atoms. The van der Waals surface area contributed by atoms with Crippen LogP contribution in [-0.4, -0.2) is 19.3 Å². The number of aromatic nitrogens is 3. The molecule has 0 atom stereocenters. The number of rotatable bonds is 2.